The first-order valence-corrected chi connectivity index (χ1v) is 8.83. The molecule has 2 aromatic carbocycles. The van der Waals surface area contributed by atoms with Crippen LogP contribution in [0.25, 0.3) is 0 Å². The molecule has 142 valence electrons. The van der Waals surface area contributed by atoms with Crippen LogP contribution in [-0.2, 0) is 4.79 Å². The van der Waals surface area contributed by atoms with Crippen molar-refractivity contribution in [1.29, 1.82) is 0 Å². The van der Waals surface area contributed by atoms with Gasteiger partial charge in [0.15, 0.2) is 0 Å². The molecule has 1 atom stereocenters. The molecule has 1 N–H and O–H groups in total. The van der Waals surface area contributed by atoms with E-state index in [-0.39, 0.29) is 35.7 Å². The van der Waals surface area contributed by atoms with Crippen molar-refractivity contribution in [3.8, 4) is 0 Å². The SMILES string of the molecule is O=C(Nc1nnc(C2CC(=O)N(c3ccc(Cl)cc3)C2)o1)c1cccc(F)c1. The van der Waals surface area contributed by atoms with Gasteiger partial charge in [-0.15, -0.1) is 5.10 Å². The molecule has 1 aliphatic rings. The van der Waals surface area contributed by atoms with E-state index in [9.17, 15) is 14.0 Å². The summed E-state index contributed by atoms with van der Waals surface area (Å²) >= 11 is 5.88. The standard InChI is InChI=1S/C19H14ClFN4O3/c20-13-4-6-15(7-5-13)25-10-12(9-16(25)26)18-23-24-19(28-18)22-17(27)11-2-1-3-14(21)8-11/h1-8,12H,9-10H2,(H,22,24,27). The first-order chi connectivity index (χ1) is 13.5. The third-order valence-electron chi connectivity index (χ3n) is 4.36. The summed E-state index contributed by atoms with van der Waals surface area (Å²) < 4.78 is 18.7. The molecule has 1 saturated heterocycles. The van der Waals surface area contributed by atoms with Gasteiger partial charge in [0.05, 0.1) is 5.92 Å². The van der Waals surface area contributed by atoms with Crippen molar-refractivity contribution >= 4 is 35.1 Å². The lowest BCUT2D eigenvalue weighted by atomic mass is 10.1. The number of aromatic nitrogens is 2. The quantitative estimate of drug-likeness (QED) is 0.722. The number of halogens is 2. The van der Waals surface area contributed by atoms with Crippen LogP contribution in [0.1, 0.15) is 28.6 Å². The maximum absolute atomic E-state index is 13.2. The number of hydrogen-bond donors (Lipinski definition) is 1. The highest BCUT2D eigenvalue weighted by Crippen LogP contribution is 2.32. The van der Waals surface area contributed by atoms with Gasteiger partial charge in [0.1, 0.15) is 5.82 Å². The molecule has 1 aromatic heterocycles. The lowest BCUT2D eigenvalue weighted by Gasteiger charge is -2.15. The molecular formula is C19H14ClFN4O3. The molecule has 28 heavy (non-hydrogen) atoms. The van der Waals surface area contributed by atoms with Gasteiger partial charge in [0, 0.05) is 29.2 Å². The molecule has 9 heteroatoms. The summed E-state index contributed by atoms with van der Waals surface area (Å²) in [6.07, 6.45) is 0.210. The van der Waals surface area contributed by atoms with Crippen LogP contribution >= 0.6 is 11.6 Å². The molecule has 0 aliphatic carbocycles. The third kappa shape index (κ3) is 3.72. The number of anilines is 2. The smallest absolute Gasteiger partial charge is 0.322 e. The number of carbonyl (C=O) groups excluding carboxylic acids is 2. The van der Waals surface area contributed by atoms with Gasteiger partial charge in [0.2, 0.25) is 11.8 Å². The number of carbonyl (C=O) groups is 2. The average molecular weight is 401 g/mol. The average Bonchev–Trinajstić information content (AvgIpc) is 3.29. The molecule has 1 aliphatic heterocycles. The fourth-order valence-electron chi connectivity index (χ4n) is 2.99. The van der Waals surface area contributed by atoms with Gasteiger partial charge >= 0.3 is 6.01 Å². The Morgan fingerprint density at radius 2 is 2.00 bits per heavy atom. The fourth-order valence-corrected chi connectivity index (χ4v) is 3.12. The molecule has 7 nitrogen and oxygen atoms in total. The molecular weight excluding hydrogens is 387 g/mol. The van der Waals surface area contributed by atoms with Crippen molar-refractivity contribution in [3.63, 3.8) is 0 Å². The van der Waals surface area contributed by atoms with E-state index in [1.54, 1.807) is 29.2 Å². The first kappa shape index (κ1) is 18.1. The molecule has 4 rings (SSSR count). The molecule has 1 fully saturated rings. The number of rotatable bonds is 4. The van der Waals surface area contributed by atoms with E-state index in [1.807, 2.05) is 0 Å². The maximum atomic E-state index is 13.2. The lowest BCUT2D eigenvalue weighted by molar-refractivity contribution is -0.117. The Bertz CT molecular complexity index is 1040. The fraction of sp³-hybridized carbons (Fsp3) is 0.158. The van der Waals surface area contributed by atoms with Gasteiger partial charge in [-0.3, -0.25) is 14.9 Å². The van der Waals surface area contributed by atoms with Crippen molar-refractivity contribution in [2.45, 2.75) is 12.3 Å². The zero-order valence-corrected chi connectivity index (χ0v) is 15.2. The Kier molecular flexibility index (Phi) is 4.79. The van der Waals surface area contributed by atoms with E-state index >= 15 is 0 Å². The summed E-state index contributed by atoms with van der Waals surface area (Å²) in [4.78, 5) is 26.1. The van der Waals surface area contributed by atoms with Crippen LogP contribution in [0.4, 0.5) is 16.1 Å². The summed E-state index contributed by atoms with van der Waals surface area (Å²) in [5.74, 6) is -1.21. The second-order valence-electron chi connectivity index (χ2n) is 6.29. The summed E-state index contributed by atoms with van der Waals surface area (Å²) in [6, 6.07) is 12.1. The molecule has 3 aromatic rings. The second-order valence-corrected chi connectivity index (χ2v) is 6.73. The molecule has 2 heterocycles. The number of benzene rings is 2. The van der Waals surface area contributed by atoms with Gasteiger partial charge < -0.3 is 9.32 Å². The topological polar surface area (TPSA) is 88.3 Å². The van der Waals surface area contributed by atoms with E-state index < -0.39 is 11.7 Å². The molecule has 0 saturated carbocycles. The van der Waals surface area contributed by atoms with Crippen LogP contribution < -0.4 is 10.2 Å². The Hall–Kier alpha value is -3.26. The molecule has 0 bridgehead atoms. The zero-order valence-electron chi connectivity index (χ0n) is 14.4. The lowest BCUT2D eigenvalue weighted by Crippen LogP contribution is -2.24. The first-order valence-electron chi connectivity index (χ1n) is 8.46. The van der Waals surface area contributed by atoms with Crippen molar-refractivity contribution in [3.05, 3.63) is 70.8 Å². The monoisotopic (exact) mass is 400 g/mol. The highest BCUT2D eigenvalue weighted by atomic mass is 35.5. The van der Waals surface area contributed by atoms with Crippen LogP contribution in [0.15, 0.2) is 52.9 Å². The number of hydrogen-bond acceptors (Lipinski definition) is 5. The van der Waals surface area contributed by atoms with Crippen LogP contribution in [0.3, 0.4) is 0 Å². The number of nitrogens with one attached hydrogen (secondary N) is 1. The Balaban J connectivity index is 1.45. The minimum Gasteiger partial charge on any atom is -0.407 e. The molecule has 2 amide bonds. The largest absolute Gasteiger partial charge is 0.407 e. The highest BCUT2D eigenvalue weighted by Gasteiger charge is 2.35. The van der Waals surface area contributed by atoms with Crippen LogP contribution in [0, 0.1) is 5.82 Å². The highest BCUT2D eigenvalue weighted by molar-refractivity contribution is 6.30. The van der Waals surface area contributed by atoms with E-state index in [0.717, 1.165) is 11.8 Å². The summed E-state index contributed by atoms with van der Waals surface area (Å²) in [5.41, 5.74) is 0.862. The van der Waals surface area contributed by atoms with E-state index in [0.29, 0.717) is 11.6 Å². The van der Waals surface area contributed by atoms with Crippen LogP contribution in [0.5, 0.6) is 0 Å². The molecule has 1 unspecified atom stereocenters. The second kappa shape index (κ2) is 7.40. The summed E-state index contributed by atoms with van der Waals surface area (Å²) in [6.45, 7) is 0.375. The van der Waals surface area contributed by atoms with Crippen molar-refractivity contribution < 1.29 is 18.4 Å². The van der Waals surface area contributed by atoms with Gasteiger partial charge in [-0.1, -0.05) is 22.8 Å². The van der Waals surface area contributed by atoms with E-state index in [4.69, 9.17) is 16.0 Å². The Morgan fingerprint density at radius 1 is 1.21 bits per heavy atom. The van der Waals surface area contributed by atoms with Gasteiger partial charge in [-0.2, -0.15) is 0 Å². The van der Waals surface area contributed by atoms with Gasteiger partial charge in [0.25, 0.3) is 5.91 Å². The minimum atomic E-state index is -0.569. The van der Waals surface area contributed by atoms with Gasteiger partial charge in [-0.05, 0) is 42.5 Å². The normalized spacial score (nSPS) is 16.4. The summed E-state index contributed by atoms with van der Waals surface area (Å²) in [7, 11) is 0. The van der Waals surface area contributed by atoms with Crippen LogP contribution in [0.2, 0.25) is 5.02 Å². The predicted octanol–water partition coefficient (Wildman–Crippen LogP) is 3.63. The zero-order chi connectivity index (χ0) is 19.7. The summed E-state index contributed by atoms with van der Waals surface area (Å²) in [5, 5.41) is 10.7. The number of nitrogens with zero attached hydrogens (tertiary/aromatic N) is 3. The molecule has 0 spiro atoms. The predicted molar refractivity (Wildman–Crippen MR) is 99.8 cm³/mol. The van der Waals surface area contributed by atoms with Crippen molar-refractivity contribution in [2.24, 2.45) is 0 Å². The van der Waals surface area contributed by atoms with Crippen molar-refractivity contribution in [2.75, 3.05) is 16.8 Å². The van der Waals surface area contributed by atoms with E-state index in [2.05, 4.69) is 15.5 Å². The van der Waals surface area contributed by atoms with Crippen LogP contribution in [-0.4, -0.2) is 28.6 Å². The Morgan fingerprint density at radius 3 is 2.75 bits per heavy atom. The van der Waals surface area contributed by atoms with E-state index in [1.165, 1.54) is 18.2 Å². The maximum Gasteiger partial charge on any atom is 0.322 e. The minimum absolute atomic E-state index is 0.0733. The van der Waals surface area contributed by atoms with Gasteiger partial charge in [-0.25, -0.2) is 4.39 Å². The number of amides is 2. The Labute approximate surface area is 164 Å². The van der Waals surface area contributed by atoms with Crippen molar-refractivity contribution in [1.82, 2.24) is 10.2 Å². The molecule has 0 radical (unpaired) electrons. The third-order valence-corrected chi connectivity index (χ3v) is 4.61.